The molecule has 2 nitrogen and oxygen atoms in total. The minimum atomic E-state index is 0.516. The molecule has 2 heteroatoms. The average molecular weight is 189 g/mol. The third-order valence-corrected chi connectivity index (χ3v) is 1.69. The summed E-state index contributed by atoms with van der Waals surface area (Å²) in [7, 11) is 0. The van der Waals surface area contributed by atoms with Crippen molar-refractivity contribution in [3.63, 3.8) is 0 Å². The van der Waals surface area contributed by atoms with Crippen molar-refractivity contribution in [1.82, 2.24) is 0 Å². The van der Waals surface area contributed by atoms with Crippen LogP contribution in [0.1, 0.15) is 25.0 Å². The summed E-state index contributed by atoms with van der Waals surface area (Å²) in [5.74, 6) is 0. The van der Waals surface area contributed by atoms with Crippen molar-refractivity contribution >= 4 is 11.8 Å². The standard InChI is InChI=1S/C12H15NO/c1-4-11-5-7-12(8-6-11)9-14-13-10(2)3/h4-8H,1,9H2,2-3H3. The summed E-state index contributed by atoms with van der Waals surface area (Å²) < 4.78 is 0. The summed E-state index contributed by atoms with van der Waals surface area (Å²) in [4.78, 5) is 5.12. The maximum Gasteiger partial charge on any atom is 0.142 e. The van der Waals surface area contributed by atoms with Gasteiger partial charge in [0.2, 0.25) is 0 Å². The van der Waals surface area contributed by atoms with E-state index in [0.717, 1.165) is 16.8 Å². The van der Waals surface area contributed by atoms with Gasteiger partial charge in [0, 0.05) is 0 Å². The smallest absolute Gasteiger partial charge is 0.142 e. The van der Waals surface area contributed by atoms with Gasteiger partial charge in [-0.2, -0.15) is 0 Å². The van der Waals surface area contributed by atoms with E-state index in [1.807, 2.05) is 44.2 Å². The number of oxime groups is 1. The molecule has 0 radical (unpaired) electrons. The molecule has 0 unspecified atom stereocenters. The Kier molecular flexibility index (Phi) is 3.92. The van der Waals surface area contributed by atoms with E-state index in [0.29, 0.717) is 6.61 Å². The maximum absolute atomic E-state index is 5.12. The lowest BCUT2D eigenvalue weighted by Crippen LogP contribution is -1.89. The van der Waals surface area contributed by atoms with Crippen molar-refractivity contribution in [3.8, 4) is 0 Å². The molecule has 14 heavy (non-hydrogen) atoms. The first kappa shape index (κ1) is 10.5. The monoisotopic (exact) mass is 189 g/mol. The van der Waals surface area contributed by atoms with Crippen LogP contribution in [0.25, 0.3) is 6.08 Å². The van der Waals surface area contributed by atoms with E-state index in [1.165, 1.54) is 0 Å². The van der Waals surface area contributed by atoms with Gasteiger partial charge in [-0.05, 0) is 25.0 Å². The number of hydrogen-bond donors (Lipinski definition) is 0. The molecular weight excluding hydrogens is 174 g/mol. The van der Waals surface area contributed by atoms with E-state index >= 15 is 0 Å². The van der Waals surface area contributed by atoms with Crippen molar-refractivity contribution in [1.29, 1.82) is 0 Å². The number of nitrogens with zero attached hydrogens (tertiary/aromatic N) is 1. The summed E-state index contributed by atoms with van der Waals surface area (Å²) in [5.41, 5.74) is 3.15. The SMILES string of the molecule is C=Cc1ccc(CON=C(C)C)cc1. The van der Waals surface area contributed by atoms with Gasteiger partial charge in [0.25, 0.3) is 0 Å². The second-order valence-electron chi connectivity index (χ2n) is 3.26. The van der Waals surface area contributed by atoms with Crippen molar-refractivity contribution in [2.45, 2.75) is 20.5 Å². The van der Waals surface area contributed by atoms with Crippen LogP contribution in [0.3, 0.4) is 0 Å². The van der Waals surface area contributed by atoms with Gasteiger partial charge in [-0.1, -0.05) is 42.1 Å². The van der Waals surface area contributed by atoms with Crippen molar-refractivity contribution < 1.29 is 4.84 Å². The van der Waals surface area contributed by atoms with Crippen LogP contribution in [0.15, 0.2) is 36.0 Å². The molecule has 74 valence electrons. The Hall–Kier alpha value is -1.57. The van der Waals surface area contributed by atoms with Crippen LogP contribution in [-0.2, 0) is 11.4 Å². The topological polar surface area (TPSA) is 21.6 Å². The molecule has 0 saturated heterocycles. The first-order valence-corrected chi connectivity index (χ1v) is 4.57. The van der Waals surface area contributed by atoms with Crippen molar-refractivity contribution in [2.75, 3.05) is 0 Å². The molecule has 0 spiro atoms. The third kappa shape index (κ3) is 3.44. The Bertz CT molecular complexity index is 321. The van der Waals surface area contributed by atoms with E-state index < -0.39 is 0 Å². The molecule has 0 fully saturated rings. The van der Waals surface area contributed by atoms with Gasteiger partial charge in [-0.15, -0.1) is 0 Å². The number of rotatable bonds is 4. The first-order chi connectivity index (χ1) is 6.72. The van der Waals surface area contributed by atoms with Gasteiger partial charge in [-0.3, -0.25) is 0 Å². The zero-order valence-corrected chi connectivity index (χ0v) is 8.66. The predicted octanol–water partition coefficient (Wildman–Crippen LogP) is 3.24. The van der Waals surface area contributed by atoms with Crippen LogP contribution in [0.2, 0.25) is 0 Å². The quantitative estimate of drug-likeness (QED) is 0.526. The van der Waals surface area contributed by atoms with Gasteiger partial charge in [-0.25, -0.2) is 0 Å². The summed E-state index contributed by atoms with van der Waals surface area (Å²) >= 11 is 0. The molecule has 0 aliphatic rings. The van der Waals surface area contributed by atoms with E-state index in [1.54, 1.807) is 0 Å². The van der Waals surface area contributed by atoms with Crippen molar-refractivity contribution in [3.05, 3.63) is 42.0 Å². The second-order valence-corrected chi connectivity index (χ2v) is 3.26. The molecule has 0 heterocycles. The number of benzene rings is 1. The number of hydrogen-bond acceptors (Lipinski definition) is 2. The van der Waals surface area contributed by atoms with E-state index in [-0.39, 0.29) is 0 Å². The van der Waals surface area contributed by atoms with Crippen LogP contribution >= 0.6 is 0 Å². The highest BCUT2D eigenvalue weighted by molar-refractivity contribution is 5.78. The zero-order chi connectivity index (χ0) is 10.4. The molecule has 0 aliphatic heterocycles. The minimum absolute atomic E-state index is 0.516. The summed E-state index contributed by atoms with van der Waals surface area (Å²) in [6.45, 7) is 8.02. The predicted molar refractivity (Wildman–Crippen MR) is 60.1 cm³/mol. The molecule has 1 aromatic carbocycles. The van der Waals surface area contributed by atoms with Crippen LogP contribution < -0.4 is 0 Å². The minimum Gasteiger partial charge on any atom is -0.391 e. The molecule has 0 saturated carbocycles. The van der Waals surface area contributed by atoms with Crippen LogP contribution in [0.4, 0.5) is 0 Å². The fourth-order valence-electron chi connectivity index (χ4n) is 0.986. The van der Waals surface area contributed by atoms with Crippen LogP contribution in [0.5, 0.6) is 0 Å². The molecule has 0 atom stereocenters. The van der Waals surface area contributed by atoms with Crippen LogP contribution in [0, 0.1) is 0 Å². The third-order valence-electron chi connectivity index (χ3n) is 1.69. The molecule has 1 rings (SSSR count). The van der Waals surface area contributed by atoms with Crippen LogP contribution in [-0.4, -0.2) is 5.71 Å². The molecule has 1 aromatic rings. The Morgan fingerprint density at radius 3 is 2.50 bits per heavy atom. The van der Waals surface area contributed by atoms with Gasteiger partial charge >= 0.3 is 0 Å². The molecule has 0 bridgehead atoms. The van der Waals surface area contributed by atoms with E-state index in [9.17, 15) is 0 Å². The fourth-order valence-corrected chi connectivity index (χ4v) is 0.986. The molecule has 0 aromatic heterocycles. The normalized spacial score (nSPS) is 9.29. The lowest BCUT2D eigenvalue weighted by atomic mass is 10.1. The van der Waals surface area contributed by atoms with E-state index in [4.69, 9.17) is 4.84 Å². The zero-order valence-electron chi connectivity index (χ0n) is 8.66. The Morgan fingerprint density at radius 1 is 1.36 bits per heavy atom. The summed E-state index contributed by atoms with van der Waals surface area (Å²) in [6, 6.07) is 8.04. The lowest BCUT2D eigenvalue weighted by Gasteiger charge is -2.00. The van der Waals surface area contributed by atoms with Gasteiger partial charge < -0.3 is 4.84 Å². The molecule has 0 amide bonds. The highest BCUT2D eigenvalue weighted by Crippen LogP contribution is 2.06. The second kappa shape index (κ2) is 5.22. The average Bonchev–Trinajstić information content (AvgIpc) is 2.18. The highest BCUT2D eigenvalue weighted by Gasteiger charge is 1.92. The Morgan fingerprint density at radius 2 is 2.00 bits per heavy atom. The Labute approximate surface area is 84.9 Å². The summed E-state index contributed by atoms with van der Waals surface area (Å²) in [5, 5.41) is 3.86. The molecule has 0 aliphatic carbocycles. The van der Waals surface area contributed by atoms with Gasteiger partial charge in [0.1, 0.15) is 6.61 Å². The van der Waals surface area contributed by atoms with E-state index in [2.05, 4.69) is 11.7 Å². The largest absolute Gasteiger partial charge is 0.391 e. The molecular formula is C12H15NO. The highest BCUT2D eigenvalue weighted by atomic mass is 16.6. The lowest BCUT2D eigenvalue weighted by molar-refractivity contribution is 0.130. The van der Waals surface area contributed by atoms with Gasteiger partial charge in [0.15, 0.2) is 0 Å². The molecule has 0 N–H and O–H groups in total. The fraction of sp³-hybridized carbons (Fsp3) is 0.250. The van der Waals surface area contributed by atoms with Gasteiger partial charge in [0.05, 0.1) is 5.71 Å². The Balaban J connectivity index is 2.52. The summed E-state index contributed by atoms with van der Waals surface area (Å²) in [6.07, 6.45) is 1.82. The first-order valence-electron chi connectivity index (χ1n) is 4.57. The maximum atomic E-state index is 5.12. The van der Waals surface area contributed by atoms with Crippen molar-refractivity contribution in [2.24, 2.45) is 5.16 Å².